The predicted octanol–water partition coefficient (Wildman–Crippen LogP) is 5.44. The zero-order valence-corrected chi connectivity index (χ0v) is 18.3. The number of hydrogen-bond donors (Lipinski definition) is 0. The van der Waals surface area contributed by atoms with Crippen LogP contribution >= 0.6 is 22.9 Å². The highest BCUT2D eigenvalue weighted by atomic mass is 35.5. The highest BCUT2D eigenvalue weighted by Crippen LogP contribution is 2.34. The van der Waals surface area contributed by atoms with Gasteiger partial charge in [-0.2, -0.15) is 0 Å². The summed E-state index contributed by atoms with van der Waals surface area (Å²) in [6.07, 6.45) is 2.16. The fraction of sp³-hybridized carbons (Fsp3) is 0.318. The van der Waals surface area contributed by atoms with Gasteiger partial charge in [0.25, 0.3) is 0 Å². The maximum absolute atomic E-state index is 13.9. The fourth-order valence-corrected chi connectivity index (χ4v) is 4.52. The molecule has 30 heavy (non-hydrogen) atoms. The quantitative estimate of drug-likeness (QED) is 0.504. The van der Waals surface area contributed by atoms with Crippen LogP contribution in [-0.4, -0.2) is 31.5 Å². The summed E-state index contributed by atoms with van der Waals surface area (Å²) in [6.45, 7) is 1.42. The number of benzene rings is 2. The lowest BCUT2D eigenvalue weighted by atomic mass is 10.1. The molecule has 0 spiro atoms. The largest absolute Gasteiger partial charge is 0.497 e. The van der Waals surface area contributed by atoms with E-state index in [1.807, 2.05) is 23.6 Å². The van der Waals surface area contributed by atoms with Crippen LogP contribution in [0.15, 0.2) is 46.8 Å². The SMILES string of the molecule is COc1ccc(-c2csc(=Nc3ccc(Cl)c(F)c3)n2CC2CCCO2)c(OC)c1. The van der Waals surface area contributed by atoms with Crippen molar-refractivity contribution in [1.82, 2.24) is 4.57 Å². The van der Waals surface area contributed by atoms with Gasteiger partial charge in [-0.05, 0) is 37.1 Å². The van der Waals surface area contributed by atoms with Crippen molar-refractivity contribution in [3.05, 3.63) is 57.4 Å². The number of methoxy groups -OCH3 is 2. The zero-order chi connectivity index (χ0) is 21.1. The lowest BCUT2D eigenvalue weighted by Gasteiger charge is -2.16. The van der Waals surface area contributed by atoms with Crippen molar-refractivity contribution in [1.29, 1.82) is 0 Å². The van der Waals surface area contributed by atoms with Crippen molar-refractivity contribution >= 4 is 28.6 Å². The minimum absolute atomic E-state index is 0.0796. The van der Waals surface area contributed by atoms with Gasteiger partial charge in [-0.3, -0.25) is 0 Å². The molecule has 3 aromatic rings. The van der Waals surface area contributed by atoms with Gasteiger partial charge in [0.2, 0.25) is 0 Å². The number of aromatic nitrogens is 1. The average Bonchev–Trinajstić information content (AvgIpc) is 3.41. The van der Waals surface area contributed by atoms with Crippen molar-refractivity contribution in [2.75, 3.05) is 20.8 Å². The number of nitrogens with zero attached hydrogens (tertiary/aromatic N) is 2. The first kappa shape index (κ1) is 20.9. The molecule has 1 fully saturated rings. The first-order valence-corrected chi connectivity index (χ1v) is 10.9. The third-order valence-corrected chi connectivity index (χ3v) is 6.19. The summed E-state index contributed by atoms with van der Waals surface area (Å²) in [4.78, 5) is 5.43. The summed E-state index contributed by atoms with van der Waals surface area (Å²) in [5.41, 5.74) is 2.40. The van der Waals surface area contributed by atoms with Gasteiger partial charge in [-0.25, -0.2) is 9.38 Å². The van der Waals surface area contributed by atoms with Gasteiger partial charge in [0, 0.05) is 29.7 Å². The van der Waals surface area contributed by atoms with Gasteiger partial charge >= 0.3 is 0 Å². The first-order valence-electron chi connectivity index (χ1n) is 9.61. The highest BCUT2D eigenvalue weighted by molar-refractivity contribution is 7.07. The first-order chi connectivity index (χ1) is 14.6. The van der Waals surface area contributed by atoms with E-state index in [2.05, 4.69) is 9.56 Å². The molecular weight excluding hydrogens is 427 g/mol. The van der Waals surface area contributed by atoms with Crippen LogP contribution in [0.25, 0.3) is 11.3 Å². The standard InChI is InChI=1S/C22H22ClFN2O3S/c1-27-15-6-7-17(21(11-15)28-2)20-13-30-22(26(20)12-16-4-3-9-29-16)25-14-5-8-18(23)19(24)10-14/h5-8,10-11,13,16H,3-4,9,12H2,1-2H3. The van der Waals surface area contributed by atoms with Crippen LogP contribution in [0, 0.1) is 5.82 Å². The van der Waals surface area contributed by atoms with E-state index in [0.717, 1.165) is 41.3 Å². The summed E-state index contributed by atoms with van der Waals surface area (Å²) in [6, 6.07) is 10.3. The predicted molar refractivity (Wildman–Crippen MR) is 116 cm³/mol. The maximum Gasteiger partial charge on any atom is 0.190 e. The fourth-order valence-electron chi connectivity index (χ4n) is 3.48. The molecule has 8 heteroatoms. The number of rotatable bonds is 6. The number of halogens is 2. The van der Waals surface area contributed by atoms with E-state index < -0.39 is 5.82 Å². The molecule has 158 valence electrons. The Hall–Kier alpha value is -2.35. The smallest absolute Gasteiger partial charge is 0.190 e. The molecule has 0 bridgehead atoms. The van der Waals surface area contributed by atoms with Crippen LogP contribution in [0.4, 0.5) is 10.1 Å². The third-order valence-electron chi connectivity index (χ3n) is 5.02. The molecule has 1 saturated heterocycles. The Balaban J connectivity index is 1.83. The molecule has 4 rings (SSSR count). The Morgan fingerprint density at radius 2 is 2.10 bits per heavy atom. The highest BCUT2D eigenvalue weighted by Gasteiger charge is 2.20. The number of hydrogen-bond acceptors (Lipinski definition) is 5. The molecular formula is C22H22ClFN2O3S. The Labute approximate surface area is 183 Å². The van der Waals surface area contributed by atoms with E-state index in [-0.39, 0.29) is 11.1 Å². The molecule has 1 atom stereocenters. The summed E-state index contributed by atoms with van der Waals surface area (Å²) >= 11 is 7.30. The van der Waals surface area contributed by atoms with Crippen LogP contribution in [0.3, 0.4) is 0 Å². The van der Waals surface area contributed by atoms with Gasteiger partial charge in [-0.15, -0.1) is 11.3 Å². The van der Waals surface area contributed by atoms with E-state index in [1.54, 1.807) is 20.3 Å². The Morgan fingerprint density at radius 3 is 2.80 bits per heavy atom. The van der Waals surface area contributed by atoms with Gasteiger partial charge in [0.1, 0.15) is 17.3 Å². The molecule has 2 aromatic carbocycles. The second-order valence-electron chi connectivity index (χ2n) is 6.93. The molecule has 2 heterocycles. The normalized spacial score (nSPS) is 16.8. The van der Waals surface area contributed by atoms with Crippen LogP contribution in [-0.2, 0) is 11.3 Å². The summed E-state index contributed by atoms with van der Waals surface area (Å²) in [7, 11) is 3.26. The van der Waals surface area contributed by atoms with Crippen molar-refractivity contribution in [3.8, 4) is 22.8 Å². The monoisotopic (exact) mass is 448 g/mol. The summed E-state index contributed by atoms with van der Waals surface area (Å²) in [5, 5.41) is 2.11. The van der Waals surface area contributed by atoms with E-state index >= 15 is 0 Å². The van der Waals surface area contributed by atoms with Crippen LogP contribution in [0.2, 0.25) is 5.02 Å². The van der Waals surface area contributed by atoms with Crippen molar-refractivity contribution in [2.24, 2.45) is 4.99 Å². The molecule has 1 unspecified atom stereocenters. The molecule has 1 aliphatic rings. The number of ether oxygens (including phenoxy) is 3. The number of thiazole rings is 1. The molecule has 0 radical (unpaired) electrons. The van der Waals surface area contributed by atoms with E-state index in [1.165, 1.54) is 23.5 Å². The maximum atomic E-state index is 13.9. The summed E-state index contributed by atoms with van der Waals surface area (Å²) in [5.74, 6) is 0.938. The third kappa shape index (κ3) is 4.38. The second-order valence-corrected chi connectivity index (χ2v) is 8.17. The Bertz CT molecular complexity index is 1110. The molecule has 5 nitrogen and oxygen atoms in total. The molecule has 1 aliphatic heterocycles. The van der Waals surface area contributed by atoms with E-state index in [0.29, 0.717) is 18.0 Å². The van der Waals surface area contributed by atoms with Crippen molar-refractivity contribution < 1.29 is 18.6 Å². The van der Waals surface area contributed by atoms with Crippen molar-refractivity contribution in [3.63, 3.8) is 0 Å². The van der Waals surface area contributed by atoms with Gasteiger partial charge < -0.3 is 18.8 Å². The minimum Gasteiger partial charge on any atom is -0.497 e. The summed E-state index contributed by atoms with van der Waals surface area (Å²) < 4.78 is 32.8. The van der Waals surface area contributed by atoms with Gasteiger partial charge in [0.05, 0.1) is 43.3 Å². The second kappa shape index (κ2) is 9.20. The van der Waals surface area contributed by atoms with E-state index in [9.17, 15) is 4.39 Å². The molecule has 1 aromatic heterocycles. The molecule has 0 saturated carbocycles. The topological polar surface area (TPSA) is 45.0 Å². The lowest BCUT2D eigenvalue weighted by Crippen LogP contribution is -2.24. The van der Waals surface area contributed by atoms with Crippen LogP contribution in [0.1, 0.15) is 12.8 Å². The minimum atomic E-state index is -0.489. The Kier molecular flexibility index (Phi) is 6.41. The van der Waals surface area contributed by atoms with Crippen LogP contribution in [0.5, 0.6) is 11.5 Å². The van der Waals surface area contributed by atoms with Crippen molar-refractivity contribution in [2.45, 2.75) is 25.5 Å². The Morgan fingerprint density at radius 1 is 1.23 bits per heavy atom. The molecule has 0 aliphatic carbocycles. The lowest BCUT2D eigenvalue weighted by molar-refractivity contribution is 0.0968. The van der Waals surface area contributed by atoms with Gasteiger partial charge in [-0.1, -0.05) is 11.6 Å². The van der Waals surface area contributed by atoms with Crippen LogP contribution < -0.4 is 14.3 Å². The molecule has 0 N–H and O–H groups in total. The van der Waals surface area contributed by atoms with E-state index in [4.69, 9.17) is 25.8 Å². The average molecular weight is 449 g/mol. The molecule has 0 amide bonds. The zero-order valence-electron chi connectivity index (χ0n) is 16.7. The van der Waals surface area contributed by atoms with Gasteiger partial charge in [0.15, 0.2) is 4.80 Å².